The summed E-state index contributed by atoms with van der Waals surface area (Å²) in [7, 11) is 6.67. The third kappa shape index (κ3) is 8.15. The Balaban J connectivity index is 0.00000108. The first kappa shape index (κ1) is 20.0. The van der Waals surface area contributed by atoms with Crippen molar-refractivity contribution in [2.75, 3.05) is 38.8 Å². The van der Waals surface area contributed by atoms with E-state index in [9.17, 15) is 9.59 Å². The van der Waals surface area contributed by atoms with Gasteiger partial charge >= 0.3 is 18.1 Å². The van der Waals surface area contributed by atoms with Crippen molar-refractivity contribution in [3.8, 4) is 0 Å². The maximum Gasteiger partial charge on any atom is 0.321 e. The summed E-state index contributed by atoms with van der Waals surface area (Å²) in [5.41, 5.74) is 10.7. The molecular weight excluding hydrogens is 300 g/mol. The number of hydrogen-bond donors (Lipinski definition) is 4. The fourth-order valence-electron chi connectivity index (χ4n) is 1.30. The van der Waals surface area contributed by atoms with Crippen LogP contribution < -0.4 is 22.1 Å². The van der Waals surface area contributed by atoms with Gasteiger partial charge in [-0.25, -0.2) is 14.4 Å². The molecule has 0 heterocycles. The molecule has 0 aliphatic carbocycles. The highest BCUT2D eigenvalue weighted by molar-refractivity contribution is 5.93. The molecule has 0 aromatic heterocycles. The van der Waals surface area contributed by atoms with E-state index in [4.69, 9.17) is 4.79 Å². The number of urea groups is 3. The Kier molecular flexibility index (Phi) is 7.95. The van der Waals surface area contributed by atoms with Crippen LogP contribution in [0.3, 0.4) is 0 Å². The van der Waals surface area contributed by atoms with Gasteiger partial charge in [-0.05, 0) is 24.6 Å². The minimum atomic E-state index is -0.833. The molecule has 0 saturated carbocycles. The summed E-state index contributed by atoms with van der Waals surface area (Å²) in [4.78, 5) is 35.1. The molecule has 0 radical (unpaired) electrons. The van der Waals surface area contributed by atoms with E-state index in [-0.39, 0.29) is 12.1 Å². The number of nitrogens with two attached hydrogens (primary N) is 2. The lowest BCUT2D eigenvalue weighted by Crippen LogP contribution is -2.28. The zero-order valence-corrected chi connectivity index (χ0v) is 14.0. The number of primary amides is 2. The van der Waals surface area contributed by atoms with Crippen LogP contribution in [0.15, 0.2) is 18.2 Å². The maximum absolute atomic E-state index is 11.6. The highest BCUT2D eigenvalue weighted by Crippen LogP contribution is 2.20. The Morgan fingerprint density at radius 2 is 1.35 bits per heavy atom. The molecule has 0 aliphatic rings. The smallest absolute Gasteiger partial charge is 0.321 e. The van der Waals surface area contributed by atoms with Gasteiger partial charge in [-0.1, -0.05) is 6.07 Å². The molecule has 0 unspecified atom stereocenters. The van der Waals surface area contributed by atoms with Gasteiger partial charge in [-0.3, -0.25) is 0 Å². The normalized spacial score (nSPS) is 9.09. The molecule has 0 bridgehead atoms. The SMILES string of the molecule is Cc1ccc(NC(=O)N(C)C)cc1NC(=O)N(C)C.NC(N)=O. The average molecular weight is 324 g/mol. The molecule has 0 fully saturated rings. The number of aryl methyl sites for hydroxylation is 1. The Bertz CT molecular complexity index is 568. The summed E-state index contributed by atoms with van der Waals surface area (Å²) in [6.07, 6.45) is 0. The molecular formula is C14H24N6O3. The van der Waals surface area contributed by atoms with Crippen molar-refractivity contribution >= 4 is 29.5 Å². The molecule has 1 rings (SSSR count). The summed E-state index contributed by atoms with van der Waals surface area (Å²) in [6.45, 7) is 1.89. The van der Waals surface area contributed by atoms with Crippen LogP contribution in [0.2, 0.25) is 0 Å². The molecule has 1 aromatic carbocycles. The standard InChI is InChI=1S/C13H20N4O2.CH4N2O/c1-9-6-7-10(14-12(18)16(2)3)8-11(9)15-13(19)17(4)5;2-1(3)4/h6-8H,1-5H3,(H,14,18)(H,15,19);(H4,2,3,4). The van der Waals surface area contributed by atoms with Gasteiger partial charge in [0.1, 0.15) is 0 Å². The Hall–Kier alpha value is -2.97. The summed E-state index contributed by atoms with van der Waals surface area (Å²) in [6, 6.07) is 4.12. The monoisotopic (exact) mass is 324 g/mol. The minimum absolute atomic E-state index is 0.209. The molecule has 0 saturated heterocycles. The number of carbonyl (C=O) groups excluding carboxylic acids is 3. The number of carbonyl (C=O) groups is 3. The number of rotatable bonds is 2. The predicted octanol–water partition coefficient (Wildman–Crippen LogP) is 1.21. The van der Waals surface area contributed by atoms with Gasteiger partial charge in [0.25, 0.3) is 0 Å². The van der Waals surface area contributed by atoms with Crippen LogP contribution in [-0.4, -0.2) is 56.1 Å². The number of amides is 6. The van der Waals surface area contributed by atoms with Crippen LogP contribution in [0.4, 0.5) is 25.8 Å². The highest BCUT2D eigenvalue weighted by Gasteiger charge is 2.09. The number of nitrogens with one attached hydrogen (secondary N) is 2. The molecule has 0 spiro atoms. The van der Waals surface area contributed by atoms with E-state index in [0.29, 0.717) is 11.4 Å². The molecule has 0 aliphatic heterocycles. The van der Waals surface area contributed by atoms with E-state index in [2.05, 4.69) is 22.1 Å². The third-order valence-electron chi connectivity index (χ3n) is 2.54. The average Bonchev–Trinajstić information content (AvgIpc) is 2.41. The number of hydrogen-bond acceptors (Lipinski definition) is 3. The van der Waals surface area contributed by atoms with E-state index in [1.165, 1.54) is 9.80 Å². The predicted molar refractivity (Wildman–Crippen MR) is 90.4 cm³/mol. The van der Waals surface area contributed by atoms with Crippen LogP contribution in [0, 0.1) is 6.92 Å². The van der Waals surface area contributed by atoms with Gasteiger partial charge in [-0.15, -0.1) is 0 Å². The number of nitrogens with zero attached hydrogens (tertiary/aromatic N) is 2. The van der Waals surface area contributed by atoms with Crippen LogP contribution >= 0.6 is 0 Å². The van der Waals surface area contributed by atoms with Gasteiger partial charge in [-0.2, -0.15) is 0 Å². The van der Waals surface area contributed by atoms with E-state index < -0.39 is 6.03 Å². The van der Waals surface area contributed by atoms with Crippen molar-refractivity contribution in [3.63, 3.8) is 0 Å². The van der Waals surface area contributed by atoms with Crippen molar-refractivity contribution in [2.24, 2.45) is 11.5 Å². The van der Waals surface area contributed by atoms with E-state index >= 15 is 0 Å². The quantitative estimate of drug-likeness (QED) is 0.651. The largest absolute Gasteiger partial charge is 0.352 e. The molecule has 128 valence electrons. The fourth-order valence-corrected chi connectivity index (χ4v) is 1.30. The van der Waals surface area contributed by atoms with Crippen molar-refractivity contribution in [1.29, 1.82) is 0 Å². The second-order valence-electron chi connectivity index (χ2n) is 5.08. The lowest BCUT2D eigenvalue weighted by atomic mass is 10.2. The Morgan fingerprint density at radius 3 is 1.78 bits per heavy atom. The van der Waals surface area contributed by atoms with E-state index in [1.54, 1.807) is 40.3 Å². The second kappa shape index (κ2) is 9.13. The van der Waals surface area contributed by atoms with Gasteiger partial charge in [0, 0.05) is 39.6 Å². The second-order valence-corrected chi connectivity index (χ2v) is 5.08. The molecule has 9 heteroatoms. The lowest BCUT2D eigenvalue weighted by molar-refractivity contribution is 0.230. The van der Waals surface area contributed by atoms with Gasteiger partial charge in [0.2, 0.25) is 0 Å². The highest BCUT2D eigenvalue weighted by atomic mass is 16.2. The summed E-state index contributed by atoms with van der Waals surface area (Å²) < 4.78 is 0. The van der Waals surface area contributed by atoms with Gasteiger partial charge in [0.05, 0.1) is 0 Å². The van der Waals surface area contributed by atoms with Crippen molar-refractivity contribution in [1.82, 2.24) is 9.80 Å². The molecule has 1 aromatic rings. The first-order valence-electron chi connectivity index (χ1n) is 6.66. The number of anilines is 2. The maximum atomic E-state index is 11.6. The van der Waals surface area contributed by atoms with E-state index in [1.807, 2.05) is 13.0 Å². The van der Waals surface area contributed by atoms with Gasteiger partial charge in [0.15, 0.2) is 0 Å². The molecule has 23 heavy (non-hydrogen) atoms. The van der Waals surface area contributed by atoms with Crippen molar-refractivity contribution in [3.05, 3.63) is 23.8 Å². The van der Waals surface area contributed by atoms with Crippen molar-refractivity contribution < 1.29 is 14.4 Å². The Morgan fingerprint density at radius 1 is 0.913 bits per heavy atom. The zero-order valence-electron chi connectivity index (χ0n) is 14.0. The van der Waals surface area contributed by atoms with Crippen molar-refractivity contribution in [2.45, 2.75) is 6.92 Å². The first-order valence-corrected chi connectivity index (χ1v) is 6.66. The summed E-state index contributed by atoms with van der Waals surface area (Å²) in [5, 5.41) is 5.51. The molecule has 6 N–H and O–H groups in total. The zero-order chi connectivity index (χ0) is 18.2. The van der Waals surface area contributed by atoms with Crippen LogP contribution in [0.5, 0.6) is 0 Å². The number of benzene rings is 1. The molecule has 9 nitrogen and oxygen atoms in total. The lowest BCUT2D eigenvalue weighted by Gasteiger charge is -2.16. The van der Waals surface area contributed by atoms with Crippen LogP contribution in [-0.2, 0) is 0 Å². The first-order chi connectivity index (χ1) is 10.5. The third-order valence-corrected chi connectivity index (χ3v) is 2.54. The summed E-state index contributed by atoms with van der Waals surface area (Å²) in [5.74, 6) is 0. The van der Waals surface area contributed by atoms with Crippen LogP contribution in [0.25, 0.3) is 0 Å². The summed E-state index contributed by atoms with van der Waals surface area (Å²) >= 11 is 0. The fraction of sp³-hybridized carbons (Fsp3) is 0.357. The van der Waals surface area contributed by atoms with Gasteiger partial charge < -0.3 is 31.9 Å². The Labute approximate surface area is 135 Å². The van der Waals surface area contributed by atoms with E-state index in [0.717, 1.165) is 5.56 Å². The molecule has 6 amide bonds. The molecule has 0 atom stereocenters. The topological polar surface area (TPSA) is 134 Å². The van der Waals surface area contributed by atoms with Crippen LogP contribution in [0.1, 0.15) is 5.56 Å². The minimum Gasteiger partial charge on any atom is -0.352 e.